The predicted octanol–water partition coefficient (Wildman–Crippen LogP) is 1.91. The molecule has 1 aliphatic rings. The number of ether oxygens (including phenoxy) is 4. The molecule has 3 rings (SSSR count). The van der Waals surface area contributed by atoms with E-state index < -0.39 is 28.0 Å². The number of esters is 1. The lowest BCUT2D eigenvalue weighted by Gasteiger charge is -2.26. The topological polar surface area (TPSA) is 120 Å². The summed E-state index contributed by atoms with van der Waals surface area (Å²) in [5, 5.41) is 2.58. The maximum atomic E-state index is 12.8. The van der Waals surface area contributed by atoms with E-state index in [0.717, 1.165) is 0 Å². The Morgan fingerprint density at radius 1 is 1.03 bits per heavy atom. The molecule has 33 heavy (non-hydrogen) atoms. The zero-order valence-corrected chi connectivity index (χ0v) is 19.4. The maximum absolute atomic E-state index is 12.8. The van der Waals surface area contributed by atoms with Crippen LogP contribution in [0.4, 0.5) is 5.69 Å². The third-order valence-corrected chi connectivity index (χ3v) is 6.89. The van der Waals surface area contributed by atoms with Gasteiger partial charge in [0.25, 0.3) is 5.91 Å². The summed E-state index contributed by atoms with van der Waals surface area (Å²) < 4.78 is 47.9. The minimum atomic E-state index is -3.72. The molecule has 1 unspecified atom stereocenters. The second kappa shape index (κ2) is 10.6. The fourth-order valence-corrected chi connectivity index (χ4v) is 4.69. The molecule has 10 nitrogen and oxygen atoms in total. The average molecular weight is 479 g/mol. The van der Waals surface area contributed by atoms with Crippen molar-refractivity contribution in [2.45, 2.75) is 17.9 Å². The Labute approximate surface area is 192 Å². The quantitative estimate of drug-likeness (QED) is 0.572. The average Bonchev–Trinajstić information content (AvgIpc) is 2.83. The molecule has 0 aliphatic carbocycles. The van der Waals surface area contributed by atoms with Gasteiger partial charge < -0.3 is 24.3 Å². The number of nitrogens with one attached hydrogen (secondary N) is 1. The number of morpholine rings is 1. The molecule has 0 saturated carbocycles. The number of amides is 1. The largest absolute Gasteiger partial charge is 0.496 e. The molecule has 1 heterocycles. The summed E-state index contributed by atoms with van der Waals surface area (Å²) in [4.78, 5) is 25.3. The van der Waals surface area contributed by atoms with E-state index in [1.807, 2.05) is 0 Å². The Hall–Kier alpha value is -3.15. The summed E-state index contributed by atoms with van der Waals surface area (Å²) in [5.41, 5.74) is 0.313. The molecular formula is C22H26N2O8S. The van der Waals surface area contributed by atoms with Crippen LogP contribution in [0.15, 0.2) is 47.4 Å². The van der Waals surface area contributed by atoms with Gasteiger partial charge >= 0.3 is 5.97 Å². The number of rotatable bonds is 8. The molecule has 2 aromatic rings. The van der Waals surface area contributed by atoms with E-state index in [-0.39, 0.29) is 40.7 Å². The smallest absolute Gasteiger partial charge is 0.346 e. The van der Waals surface area contributed by atoms with Gasteiger partial charge in [0.15, 0.2) is 6.10 Å². The monoisotopic (exact) mass is 478 g/mol. The van der Waals surface area contributed by atoms with E-state index in [9.17, 15) is 18.0 Å². The van der Waals surface area contributed by atoms with Gasteiger partial charge in [-0.15, -0.1) is 0 Å². The third kappa shape index (κ3) is 5.62. The zero-order chi connectivity index (χ0) is 24.0. The number of hydrogen-bond acceptors (Lipinski definition) is 8. The minimum absolute atomic E-state index is 0.0469. The van der Waals surface area contributed by atoms with Gasteiger partial charge in [-0.3, -0.25) is 4.79 Å². The fourth-order valence-electron chi connectivity index (χ4n) is 3.24. The number of anilines is 1. The molecule has 0 bridgehead atoms. The lowest BCUT2D eigenvalue weighted by atomic mass is 10.1. The lowest BCUT2D eigenvalue weighted by Crippen LogP contribution is -2.40. The van der Waals surface area contributed by atoms with Crippen LogP contribution in [0.1, 0.15) is 17.3 Å². The predicted molar refractivity (Wildman–Crippen MR) is 119 cm³/mol. The first-order valence-corrected chi connectivity index (χ1v) is 11.6. The molecule has 0 aromatic heterocycles. The highest BCUT2D eigenvalue weighted by atomic mass is 32.2. The normalized spacial score (nSPS) is 15.4. The number of nitrogens with zero attached hydrogens (tertiary/aromatic N) is 1. The van der Waals surface area contributed by atoms with Gasteiger partial charge in [-0.2, -0.15) is 4.31 Å². The molecule has 178 valence electrons. The van der Waals surface area contributed by atoms with Crippen molar-refractivity contribution < 1.29 is 37.0 Å². The Morgan fingerprint density at radius 2 is 1.64 bits per heavy atom. The minimum Gasteiger partial charge on any atom is -0.496 e. The standard InChI is InChI=1S/C22H26N2O8S/c1-15(32-22(26)20-18(29-2)8-5-9-19(20)30-3)21(25)23-16-6-4-7-17(14-16)33(27,28)24-10-12-31-13-11-24/h4-9,14-15H,10-13H2,1-3H3,(H,23,25). The number of methoxy groups -OCH3 is 2. The van der Waals surface area contributed by atoms with Crippen LogP contribution in [0.3, 0.4) is 0 Å². The van der Waals surface area contributed by atoms with Gasteiger partial charge in [0.2, 0.25) is 10.0 Å². The second-order valence-corrected chi connectivity index (χ2v) is 9.06. The molecule has 11 heteroatoms. The van der Waals surface area contributed by atoms with E-state index >= 15 is 0 Å². The van der Waals surface area contributed by atoms with Crippen LogP contribution in [0.2, 0.25) is 0 Å². The molecule has 1 aliphatic heterocycles. The van der Waals surface area contributed by atoms with Crippen molar-refractivity contribution >= 4 is 27.6 Å². The molecule has 1 atom stereocenters. The first-order chi connectivity index (χ1) is 15.8. The molecule has 2 aromatic carbocycles. The summed E-state index contributed by atoms with van der Waals surface area (Å²) in [6.45, 7) is 2.59. The number of carbonyl (C=O) groups is 2. The van der Waals surface area contributed by atoms with Crippen LogP contribution in [-0.2, 0) is 24.3 Å². The molecule has 0 spiro atoms. The van der Waals surface area contributed by atoms with E-state index in [1.165, 1.54) is 43.6 Å². The first-order valence-electron chi connectivity index (χ1n) is 10.2. The third-order valence-electron chi connectivity index (χ3n) is 4.99. The summed E-state index contributed by atoms with van der Waals surface area (Å²) in [5.74, 6) is -0.935. The van der Waals surface area contributed by atoms with Gasteiger partial charge in [-0.05, 0) is 37.3 Å². The van der Waals surface area contributed by atoms with Gasteiger partial charge in [-0.25, -0.2) is 13.2 Å². The number of sulfonamides is 1. The van der Waals surface area contributed by atoms with E-state index in [2.05, 4.69) is 5.32 Å². The summed E-state index contributed by atoms with van der Waals surface area (Å²) in [6.07, 6.45) is -1.17. The van der Waals surface area contributed by atoms with Crippen molar-refractivity contribution in [2.24, 2.45) is 0 Å². The van der Waals surface area contributed by atoms with Crippen molar-refractivity contribution in [3.05, 3.63) is 48.0 Å². The molecule has 1 amide bonds. The van der Waals surface area contributed by atoms with E-state index in [0.29, 0.717) is 13.2 Å². The van der Waals surface area contributed by atoms with Gasteiger partial charge in [0.1, 0.15) is 17.1 Å². The summed E-state index contributed by atoms with van der Waals surface area (Å²) >= 11 is 0. The zero-order valence-electron chi connectivity index (χ0n) is 18.6. The van der Waals surface area contributed by atoms with Crippen LogP contribution < -0.4 is 14.8 Å². The molecule has 1 N–H and O–H groups in total. The highest BCUT2D eigenvalue weighted by Crippen LogP contribution is 2.29. The van der Waals surface area contributed by atoms with E-state index in [1.54, 1.807) is 24.3 Å². The van der Waals surface area contributed by atoms with Crippen LogP contribution in [0.25, 0.3) is 0 Å². The van der Waals surface area contributed by atoms with Crippen molar-refractivity contribution in [1.29, 1.82) is 0 Å². The van der Waals surface area contributed by atoms with Gasteiger partial charge in [0, 0.05) is 18.8 Å². The van der Waals surface area contributed by atoms with Crippen molar-refractivity contribution in [3.63, 3.8) is 0 Å². The van der Waals surface area contributed by atoms with Crippen molar-refractivity contribution in [1.82, 2.24) is 4.31 Å². The van der Waals surface area contributed by atoms with E-state index in [4.69, 9.17) is 18.9 Å². The number of benzene rings is 2. The number of carbonyl (C=O) groups excluding carboxylic acids is 2. The Kier molecular flexibility index (Phi) is 7.90. The lowest BCUT2D eigenvalue weighted by molar-refractivity contribution is -0.123. The maximum Gasteiger partial charge on any atom is 0.346 e. The molecule has 1 fully saturated rings. The summed E-state index contributed by atoms with van der Waals surface area (Å²) in [7, 11) is -0.917. The number of hydrogen-bond donors (Lipinski definition) is 1. The van der Waals surface area contributed by atoms with Crippen molar-refractivity contribution in [3.8, 4) is 11.5 Å². The molecular weight excluding hydrogens is 452 g/mol. The Balaban J connectivity index is 1.71. The Bertz CT molecular complexity index is 1090. The highest BCUT2D eigenvalue weighted by molar-refractivity contribution is 7.89. The molecule has 1 saturated heterocycles. The fraction of sp³-hybridized carbons (Fsp3) is 0.364. The highest BCUT2D eigenvalue weighted by Gasteiger charge is 2.28. The van der Waals surface area contributed by atoms with Crippen LogP contribution in [-0.4, -0.2) is 71.2 Å². The SMILES string of the molecule is COc1cccc(OC)c1C(=O)OC(C)C(=O)Nc1cccc(S(=O)(=O)N2CCOCC2)c1. The first kappa shape index (κ1) is 24.5. The van der Waals surface area contributed by atoms with Crippen LogP contribution in [0.5, 0.6) is 11.5 Å². The van der Waals surface area contributed by atoms with Gasteiger partial charge in [-0.1, -0.05) is 12.1 Å². The van der Waals surface area contributed by atoms with Gasteiger partial charge in [0.05, 0.1) is 32.3 Å². The van der Waals surface area contributed by atoms with Crippen LogP contribution in [0, 0.1) is 0 Å². The summed E-state index contributed by atoms with van der Waals surface area (Å²) in [6, 6.07) is 10.7. The molecule has 0 radical (unpaired) electrons. The second-order valence-electron chi connectivity index (χ2n) is 7.12. The Morgan fingerprint density at radius 3 is 2.24 bits per heavy atom. The van der Waals surface area contributed by atoms with Crippen molar-refractivity contribution in [2.75, 3.05) is 45.8 Å². The van der Waals surface area contributed by atoms with Crippen LogP contribution >= 0.6 is 0 Å².